The number of aryl methyl sites for hydroxylation is 1. The molecule has 0 spiro atoms. The highest BCUT2D eigenvalue weighted by Gasteiger charge is 2.27. The average molecular weight is 458 g/mol. The third-order valence-electron chi connectivity index (χ3n) is 5.59. The van der Waals surface area contributed by atoms with Crippen LogP contribution in [-0.4, -0.2) is 20.9 Å². The summed E-state index contributed by atoms with van der Waals surface area (Å²) in [6.45, 7) is 7.39. The monoisotopic (exact) mass is 457 g/mol. The molecule has 1 unspecified atom stereocenters. The summed E-state index contributed by atoms with van der Waals surface area (Å²) in [7, 11) is 4.53. The number of aromatic nitrogens is 3. The summed E-state index contributed by atoms with van der Waals surface area (Å²) >= 11 is 0. The number of benzene rings is 2. The van der Waals surface area contributed by atoms with E-state index in [1.54, 1.807) is 4.68 Å². The SMILES string of the molecule is Cn1c(-c2ccccc2)c(N=Nc2c(C#N)c(C(C)(C)C)nn2CCNP)c2ccccc21. The van der Waals surface area contributed by atoms with Gasteiger partial charge in [-0.3, -0.25) is 5.09 Å². The van der Waals surface area contributed by atoms with Gasteiger partial charge in [0, 0.05) is 30.0 Å². The highest BCUT2D eigenvalue weighted by Crippen LogP contribution is 2.41. The van der Waals surface area contributed by atoms with Crippen LogP contribution in [0, 0.1) is 11.3 Å². The number of nitriles is 1. The van der Waals surface area contributed by atoms with Crippen molar-refractivity contribution in [2.75, 3.05) is 6.54 Å². The predicted octanol–water partition coefficient (Wildman–Crippen LogP) is 6.01. The summed E-state index contributed by atoms with van der Waals surface area (Å²) in [5.41, 5.74) is 4.79. The Hall–Kier alpha value is -3.33. The topological polar surface area (TPSA) is 83.3 Å². The maximum Gasteiger partial charge on any atom is 0.191 e. The number of hydrogen-bond acceptors (Lipinski definition) is 5. The van der Waals surface area contributed by atoms with E-state index in [1.807, 2.05) is 58.2 Å². The van der Waals surface area contributed by atoms with Crippen molar-refractivity contribution in [3.63, 3.8) is 0 Å². The first-order valence-electron chi connectivity index (χ1n) is 10.9. The van der Waals surface area contributed by atoms with Crippen LogP contribution in [0.15, 0.2) is 64.8 Å². The molecule has 4 aromatic rings. The molecule has 0 aliphatic carbocycles. The fourth-order valence-corrected chi connectivity index (χ4v) is 4.14. The van der Waals surface area contributed by atoms with E-state index in [0.29, 0.717) is 24.5 Å². The van der Waals surface area contributed by atoms with Crippen LogP contribution < -0.4 is 5.09 Å². The fourth-order valence-electron chi connectivity index (χ4n) is 4.01. The Morgan fingerprint density at radius 3 is 2.42 bits per heavy atom. The van der Waals surface area contributed by atoms with Gasteiger partial charge in [0.25, 0.3) is 0 Å². The van der Waals surface area contributed by atoms with Crippen molar-refractivity contribution < 1.29 is 0 Å². The molecule has 168 valence electrons. The second kappa shape index (κ2) is 9.27. The van der Waals surface area contributed by atoms with Crippen molar-refractivity contribution >= 4 is 31.8 Å². The Morgan fingerprint density at radius 2 is 1.76 bits per heavy atom. The Kier molecular flexibility index (Phi) is 6.42. The first-order chi connectivity index (χ1) is 15.9. The number of nitrogens with one attached hydrogen (secondary N) is 1. The normalized spacial score (nSPS) is 12.0. The van der Waals surface area contributed by atoms with E-state index in [1.165, 1.54) is 0 Å². The molecular weight excluding hydrogens is 429 g/mol. The van der Waals surface area contributed by atoms with E-state index < -0.39 is 0 Å². The maximum atomic E-state index is 9.98. The van der Waals surface area contributed by atoms with Crippen LogP contribution in [0.2, 0.25) is 0 Å². The summed E-state index contributed by atoms with van der Waals surface area (Å²) < 4.78 is 3.91. The number of hydrogen-bond donors (Lipinski definition) is 1. The minimum atomic E-state index is -0.288. The van der Waals surface area contributed by atoms with Gasteiger partial charge in [-0.1, -0.05) is 78.7 Å². The molecule has 1 N–H and O–H groups in total. The molecular formula is C25H28N7P. The van der Waals surface area contributed by atoms with E-state index in [-0.39, 0.29) is 5.41 Å². The van der Waals surface area contributed by atoms with Crippen LogP contribution in [0.1, 0.15) is 32.0 Å². The molecule has 8 heteroatoms. The first-order valence-corrected chi connectivity index (χ1v) is 11.4. The molecule has 7 nitrogen and oxygen atoms in total. The summed E-state index contributed by atoms with van der Waals surface area (Å²) in [5.74, 6) is 0.481. The maximum absolute atomic E-state index is 9.98. The van der Waals surface area contributed by atoms with Gasteiger partial charge in [-0.25, -0.2) is 4.68 Å². The van der Waals surface area contributed by atoms with Crippen LogP contribution in [0.5, 0.6) is 0 Å². The van der Waals surface area contributed by atoms with Crippen molar-refractivity contribution in [2.45, 2.75) is 32.7 Å². The van der Waals surface area contributed by atoms with Gasteiger partial charge in [0.05, 0.1) is 23.4 Å². The van der Waals surface area contributed by atoms with Crippen LogP contribution in [0.3, 0.4) is 0 Å². The highest BCUT2D eigenvalue weighted by molar-refractivity contribution is 7.13. The van der Waals surface area contributed by atoms with Gasteiger partial charge in [-0.2, -0.15) is 10.4 Å². The molecule has 0 saturated heterocycles. The molecule has 0 fully saturated rings. The molecule has 2 heterocycles. The molecule has 0 aliphatic heterocycles. The quantitative estimate of drug-likeness (QED) is 0.284. The van der Waals surface area contributed by atoms with E-state index >= 15 is 0 Å². The van der Waals surface area contributed by atoms with Gasteiger partial charge in [0.15, 0.2) is 5.82 Å². The number of fused-ring (bicyclic) bond motifs is 1. The van der Waals surface area contributed by atoms with Crippen molar-refractivity contribution in [2.24, 2.45) is 17.3 Å². The summed E-state index contributed by atoms with van der Waals surface area (Å²) in [6, 6.07) is 20.6. The zero-order chi connectivity index (χ0) is 23.6. The van der Waals surface area contributed by atoms with E-state index in [9.17, 15) is 5.26 Å². The fraction of sp³-hybridized carbons (Fsp3) is 0.280. The molecule has 1 atom stereocenters. The Balaban J connectivity index is 1.93. The average Bonchev–Trinajstić information content (AvgIpc) is 3.31. The van der Waals surface area contributed by atoms with Gasteiger partial charge in [0.1, 0.15) is 17.3 Å². The number of nitrogens with zero attached hydrogens (tertiary/aromatic N) is 6. The van der Waals surface area contributed by atoms with Crippen LogP contribution >= 0.6 is 9.39 Å². The molecule has 2 aromatic carbocycles. The smallest absolute Gasteiger partial charge is 0.191 e. The molecule has 33 heavy (non-hydrogen) atoms. The largest absolute Gasteiger partial charge is 0.342 e. The number of azo groups is 1. The molecule has 2 aromatic heterocycles. The lowest BCUT2D eigenvalue weighted by Crippen LogP contribution is -2.16. The van der Waals surface area contributed by atoms with Crippen LogP contribution in [0.4, 0.5) is 11.5 Å². The van der Waals surface area contributed by atoms with Gasteiger partial charge in [-0.15, -0.1) is 10.2 Å². The third-order valence-corrected chi connectivity index (χ3v) is 5.88. The van der Waals surface area contributed by atoms with Gasteiger partial charge in [-0.05, 0) is 6.07 Å². The van der Waals surface area contributed by atoms with E-state index in [0.717, 1.165) is 33.5 Å². The van der Waals surface area contributed by atoms with Gasteiger partial charge in [0.2, 0.25) is 0 Å². The lowest BCUT2D eigenvalue weighted by molar-refractivity contribution is 0.532. The zero-order valence-corrected chi connectivity index (χ0v) is 20.5. The molecule has 0 radical (unpaired) electrons. The molecule has 0 amide bonds. The number of para-hydroxylation sites is 1. The summed E-state index contributed by atoms with van der Waals surface area (Å²) in [4.78, 5) is 0. The number of rotatable bonds is 6. The standard InChI is InChI=1S/C25H28N7P/c1-25(2,3)23-19(16-26)24(32(30-23)15-14-27-33)29-28-21-18-12-8-9-13-20(18)31(4)22(21)17-10-6-5-7-11-17/h5-13,27H,14-15,33H2,1-4H3. The Labute approximate surface area is 196 Å². The lowest BCUT2D eigenvalue weighted by Gasteiger charge is -2.14. The minimum Gasteiger partial charge on any atom is -0.342 e. The first kappa shape index (κ1) is 22.8. The van der Waals surface area contributed by atoms with Crippen molar-refractivity contribution in [3.05, 3.63) is 65.9 Å². The molecule has 4 rings (SSSR count). The molecule has 0 bridgehead atoms. The lowest BCUT2D eigenvalue weighted by atomic mass is 9.90. The van der Waals surface area contributed by atoms with Crippen molar-refractivity contribution in [1.82, 2.24) is 19.4 Å². The van der Waals surface area contributed by atoms with Crippen molar-refractivity contribution in [1.29, 1.82) is 5.26 Å². The van der Waals surface area contributed by atoms with Gasteiger partial charge >= 0.3 is 0 Å². The third kappa shape index (κ3) is 4.32. The molecule has 0 aliphatic rings. The van der Waals surface area contributed by atoms with Gasteiger partial charge < -0.3 is 4.57 Å². The zero-order valence-electron chi connectivity index (χ0n) is 19.4. The Morgan fingerprint density at radius 1 is 1.06 bits per heavy atom. The van der Waals surface area contributed by atoms with E-state index in [4.69, 9.17) is 10.2 Å². The Bertz CT molecular complexity index is 1350. The second-order valence-corrected chi connectivity index (χ2v) is 9.33. The highest BCUT2D eigenvalue weighted by atomic mass is 31.0. The summed E-state index contributed by atoms with van der Waals surface area (Å²) in [5, 5.41) is 28.2. The predicted molar refractivity (Wildman–Crippen MR) is 136 cm³/mol. The minimum absolute atomic E-state index is 0.288. The van der Waals surface area contributed by atoms with Crippen LogP contribution in [-0.2, 0) is 19.0 Å². The summed E-state index contributed by atoms with van der Waals surface area (Å²) in [6.07, 6.45) is 0. The van der Waals surface area contributed by atoms with Crippen LogP contribution in [0.25, 0.3) is 22.2 Å². The molecule has 0 saturated carbocycles. The van der Waals surface area contributed by atoms with E-state index in [2.05, 4.69) is 54.5 Å². The van der Waals surface area contributed by atoms with Crippen molar-refractivity contribution in [3.8, 4) is 17.3 Å². The second-order valence-electron chi connectivity index (χ2n) is 8.93.